The van der Waals surface area contributed by atoms with E-state index in [1.807, 2.05) is 0 Å². The van der Waals surface area contributed by atoms with E-state index in [4.69, 9.17) is 5.73 Å². The summed E-state index contributed by atoms with van der Waals surface area (Å²) in [6.45, 7) is 6.36. The zero-order chi connectivity index (χ0) is 13.1. The molecular formula is C14H27N3O. The van der Waals surface area contributed by atoms with Crippen molar-refractivity contribution >= 4 is 6.03 Å². The predicted octanol–water partition coefficient (Wildman–Crippen LogP) is 1.94. The molecule has 1 saturated heterocycles. The number of urea groups is 1. The SMILES string of the molecule is CC1CCC(NC2CCN(C(N)=O)CC2)CC1C. The highest BCUT2D eigenvalue weighted by atomic mass is 16.2. The van der Waals surface area contributed by atoms with Crippen LogP contribution >= 0.6 is 0 Å². The topological polar surface area (TPSA) is 58.4 Å². The molecule has 1 heterocycles. The first-order valence-corrected chi connectivity index (χ1v) is 7.36. The lowest BCUT2D eigenvalue weighted by Crippen LogP contribution is -2.50. The fraction of sp³-hybridized carbons (Fsp3) is 0.929. The molecule has 104 valence electrons. The van der Waals surface area contributed by atoms with E-state index in [0.29, 0.717) is 12.1 Å². The van der Waals surface area contributed by atoms with E-state index in [1.54, 1.807) is 4.90 Å². The fourth-order valence-corrected chi connectivity index (χ4v) is 3.30. The molecule has 1 aliphatic heterocycles. The number of nitrogens with one attached hydrogen (secondary N) is 1. The van der Waals surface area contributed by atoms with Gasteiger partial charge in [0, 0.05) is 25.2 Å². The number of piperidine rings is 1. The van der Waals surface area contributed by atoms with Gasteiger partial charge in [-0.15, -0.1) is 0 Å². The van der Waals surface area contributed by atoms with Crippen LogP contribution in [0.3, 0.4) is 0 Å². The molecule has 1 aliphatic carbocycles. The highest BCUT2D eigenvalue weighted by Gasteiger charge is 2.28. The number of nitrogens with zero attached hydrogens (tertiary/aromatic N) is 1. The van der Waals surface area contributed by atoms with Crippen LogP contribution in [0.25, 0.3) is 0 Å². The summed E-state index contributed by atoms with van der Waals surface area (Å²) in [7, 11) is 0. The first kappa shape index (κ1) is 13.7. The second-order valence-corrected chi connectivity index (χ2v) is 6.23. The fourth-order valence-electron chi connectivity index (χ4n) is 3.30. The Morgan fingerprint density at radius 1 is 1.06 bits per heavy atom. The molecule has 3 N–H and O–H groups in total. The van der Waals surface area contributed by atoms with E-state index in [1.165, 1.54) is 19.3 Å². The van der Waals surface area contributed by atoms with Crippen molar-refractivity contribution in [2.45, 2.75) is 58.0 Å². The molecule has 2 aliphatic rings. The van der Waals surface area contributed by atoms with Gasteiger partial charge < -0.3 is 16.0 Å². The van der Waals surface area contributed by atoms with Crippen LogP contribution in [-0.4, -0.2) is 36.1 Å². The Morgan fingerprint density at radius 3 is 2.28 bits per heavy atom. The van der Waals surface area contributed by atoms with Gasteiger partial charge in [-0.05, 0) is 43.9 Å². The first-order valence-electron chi connectivity index (χ1n) is 7.36. The van der Waals surface area contributed by atoms with Crippen molar-refractivity contribution in [3.63, 3.8) is 0 Å². The van der Waals surface area contributed by atoms with Crippen molar-refractivity contribution in [3.05, 3.63) is 0 Å². The van der Waals surface area contributed by atoms with E-state index in [9.17, 15) is 4.79 Å². The Bertz CT molecular complexity index is 287. The first-order chi connectivity index (χ1) is 8.56. The monoisotopic (exact) mass is 253 g/mol. The van der Waals surface area contributed by atoms with Gasteiger partial charge in [0.25, 0.3) is 0 Å². The average Bonchev–Trinajstić information content (AvgIpc) is 2.34. The van der Waals surface area contributed by atoms with Crippen LogP contribution in [-0.2, 0) is 0 Å². The van der Waals surface area contributed by atoms with E-state index in [-0.39, 0.29) is 6.03 Å². The number of nitrogens with two attached hydrogens (primary N) is 1. The summed E-state index contributed by atoms with van der Waals surface area (Å²) in [6, 6.07) is 0.987. The summed E-state index contributed by atoms with van der Waals surface area (Å²) >= 11 is 0. The Morgan fingerprint density at radius 2 is 1.72 bits per heavy atom. The number of hydrogen-bond donors (Lipinski definition) is 2. The van der Waals surface area contributed by atoms with Gasteiger partial charge in [0.1, 0.15) is 0 Å². The van der Waals surface area contributed by atoms with E-state index < -0.39 is 0 Å². The maximum Gasteiger partial charge on any atom is 0.314 e. The molecule has 4 heteroatoms. The molecule has 0 bridgehead atoms. The average molecular weight is 253 g/mol. The number of hydrogen-bond acceptors (Lipinski definition) is 2. The second kappa shape index (κ2) is 5.91. The highest BCUT2D eigenvalue weighted by molar-refractivity contribution is 5.72. The lowest BCUT2D eigenvalue weighted by molar-refractivity contribution is 0.167. The van der Waals surface area contributed by atoms with Crippen molar-refractivity contribution < 1.29 is 4.79 Å². The van der Waals surface area contributed by atoms with E-state index in [2.05, 4.69) is 19.2 Å². The largest absolute Gasteiger partial charge is 0.351 e. The van der Waals surface area contributed by atoms with Crippen LogP contribution < -0.4 is 11.1 Å². The summed E-state index contributed by atoms with van der Waals surface area (Å²) in [4.78, 5) is 12.8. The number of carbonyl (C=O) groups excluding carboxylic acids is 1. The zero-order valence-corrected chi connectivity index (χ0v) is 11.7. The number of rotatable bonds is 2. The molecule has 0 spiro atoms. The minimum absolute atomic E-state index is 0.270. The van der Waals surface area contributed by atoms with Crippen molar-refractivity contribution in [2.75, 3.05) is 13.1 Å². The Labute approximate surface area is 110 Å². The summed E-state index contributed by atoms with van der Waals surface area (Å²) < 4.78 is 0. The Balaban J connectivity index is 1.73. The molecule has 4 nitrogen and oxygen atoms in total. The molecule has 0 aromatic carbocycles. The number of primary amides is 1. The summed E-state index contributed by atoms with van der Waals surface area (Å²) in [5.74, 6) is 1.71. The van der Waals surface area contributed by atoms with E-state index >= 15 is 0 Å². The molecule has 1 saturated carbocycles. The minimum Gasteiger partial charge on any atom is -0.351 e. The van der Waals surface area contributed by atoms with Gasteiger partial charge in [-0.1, -0.05) is 13.8 Å². The van der Waals surface area contributed by atoms with Crippen LogP contribution in [0.4, 0.5) is 4.79 Å². The molecular weight excluding hydrogens is 226 g/mol. The third-order valence-corrected chi connectivity index (χ3v) is 4.88. The van der Waals surface area contributed by atoms with Crippen molar-refractivity contribution in [1.82, 2.24) is 10.2 Å². The number of carbonyl (C=O) groups is 1. The lowest BCUT2D eigenvalue weighted by atomic mass is 9.79. The smallest absolute Gasteiger partial charge is 0.314 e. The van der Waals surface area contributed by atoms with Gasteiger partial charge in [-0.25, -0.2) is 4.79 Å². The maximum absolute atomic E-state index is 11.1. The lowest BCUT2D eigenvalue weighted by Gasteiger charge is -2.38. The zero-order valence-electron chi connectivity index (χ0n) is 11.7. The van der Waals surface area contributed by atoms with Crippen molar-refractivity contribution in [2.24, 2.45) is 17.6 Å². The van der Waals surface area contributed by atoms with Gasteiger partial charge >= 0.3 is 6.03 Å². The molecule has 3 atom stereocenters. The molecule has 18 heavy (non-hydrogen) atoms. The molecule has 0 aromatic rings. The second-order valence-electron chi connectivity index (χ2n) is 6.23. The molecule has 0 aromatic heterocycles. The summed E-state index contributed by atoms with van der Waals surface area (Å²) in [6.07, 6.45) is 6.05. The van der Waals surface area contributed by atoms with Crippen molar-refractivity contribution in [3.8, 4) is 0 Å². The predicted molar refractivity (Wildman–Crippen MR) is 73.3 cm³/mol. The molecule has 0 radical (unpaired) electrons. The highest BCUT2D eigenvalue weighted by Crippen LogP contribution is 2.30. The molecule has 2 fully saturated rings. The molecule has 2 rings (SSSR count). The molecule has 3 unspecified atom stereocenters. The third kappa shape index (κ3) is 3.37. The third-order valence-electron chi connectivity index (χ3n) is 4.88. The van der Waals surface area contributed by atoms with Gasteiger partial charge in [-0.2, -0.15) is 0 Å². The van der Waals surface area contributed by atoms with Crippen LogP contribution in [0.1, 0.15) is 46.0 Å². The van der Waals surface area contributed by atoms with Crippen LogP contribution in [0.5, 0.6) is 0 Å². The summed E-state index contributed by atoms with van der Waals surface area (Å²) in [5.41, 5.74) is 5.30. The van der Waals surface area contributed by atoms with Gasteiger partial charge in [0.05, 0.1) is 0 Å². The molecule has 2 amide bonds. The van der Waals surface area contributed by atoms with E-state index in [0.717, 1.165) is 37.8 Å². The Hall–Kier alpha value is -0.770. The van der Waals surface area contributed by atoms with Gasteiger partial charge in [0.2, 0.25) is 0 Å². The van der Waals surface area contributed by atoms with Crippen molar-refractivity contribution in [1.29, 1.82) is 0 Å². The quantitative estimate of drug-likeness (QED) is 0.790. The van der Waals surface area contributed by atoms with Gasteiger partial charge in [0.15, 0.2) is 0 Å². The van der Waals surface area contributed by atoms with Crippen LogP contribution in [0, 0.1) is 11.8 Å². The Kier molecular flexibility index (Phi) is 4.49. The number of likely N-dealkylation sites (tertiary alicyclic amines) is 1. The number of amides is 2. The van der Waals surface area contributed by atoms with Crippen LogP contribution in [0.15, 0.2) is 0 Å². The minimum atomic E-state index is -0.270. The maximum atomic E-state index is 11.1. The normalized spacial score (nSPS) is 34.6. The standard InChI is InChI=1S/C14H27N3O/c1-10-3-4-13(9-11(10)2)16-12-5-7-17(8-6-12)14(15)18/h10-13,16H,3-9H2,1-2H3,(H2,15,18). The van der Waals surface area contributed by atoms with Crippen LogP contribution in [0.2, 0.25) is 0 Å². The van der Waals surface area contributed by atoms with Gasteiger partial charge in [-0.3, -0.25) is 0 Å². The summed E-state index contributed by atoms with van der Waals surface area (Å²) in [5, 5.41) is 3.79.